The van der Waals surface area contributed by atoms with Crippen LogP contribution in [0.1, 0.15) is 16.7 Å². The smallest absolute Gasteiger partial charge is 0.416 e. The van der Waals surface area contributed by atoms with Crippen molar-refractivity contribution in [1.29, 1.82) is 0 Å². The Kier molecular flexibility index (Phi) is 3.38. The maximum absolute atomic E-state index is 12.6. The van der Waals surface area contributed by atoms with Gasteiger partial charge >= 0.3 is 6.18 Å². The molecular weight excluding hydrogens is 255 g/mol. The predicted octanol–water partition coefficient (Wildman–Crippen LogP) is 3.58. The van der Waals surface area contributed by atoms with E-state index >= 15 is 0 Å². The fourth-order valence-corrected chi connectivity index (χ4v) is 1.82. The van der Waals surface area contributed by atoms with Crippen molar-refractivity contribution >= 4 is 5.69 Å². The lowest BCUT2D eigenvalue weighted by Crippen LogP contribution is -2.07. The van der Waals surface area contributed by atoms with Crippen molar-refractivity contribution in [3.05, 3.63) is 59.2 Å². The number of benzene rings is 2. The third kappa shape index (κ3) is 3.19. The van der Waals surface area contributed by atoms with Crippen LogP contribution >= 0.6 is 0 Å². The zero-order valence-electron chi connectivity index (χ0n) is 9.91. The van der Waals surface area contributed by atoms with E-state index in [1.165, 1.54) is 18.2 Å². The number of anilines is 1. The number of phenols is 1. The molecule has 0 amide bonds. The second-order valence-electron chi connectivity index (χ2n) is 4.26. The Morgan fingerprint density at radius 3 is 2.42 bits per heavy atom. The van der Waals surface area contributed by atoms with Crippen LogP contribution in [0.5, 0.6) is 5.75 Å². The topological polar surface area (TPSA) is 46.2 Å². The van der Waals surface area contributed by atoms with Gasteiger partial charge in [-0.3, -0.25) is 0 Å². The first-order valence-electron chi connectivity index (χ1n) is 5.60. The first kappa shape index (κ1) is 13.3. The molecule has 0 aromatic heterocycles. The Hall–Kier alpha value is -2.17. The molecule has 0 saturated carbocycles. The van der Waals surface area contributed by atoms with Crippen LogP contribution in [0, 0.1) is 0 Å². The third-order valence-electron chi connectivity index (χ3n) is 2.78. The Bertz CT molecular complexity index is 593. The molecule has 19 heavy (non-hydrogen) atoms. The summed E-state index contributed by atoms with van der Waals surface area (Å²) in [7, 11) is 0. The van der Waals surface area contributed by atoms with Crippen molar-refractivity contribution < 1.29 is 18.3 Å². The van der Waals surface area contributed by atoms with Crippen LogP contribution in [-0.4, -0.2) is 5.11 Å². The average molecular weight is 267 g/mol. The van der Waals surface area contributed by atoms with Gasteiger partial charge in [0.05, 0.1) is 5.56 Å². The molecule has 0 aliphatic heterocycles. The normalized spacial score (nSPS) is 11.5. The average Bonchev–Trinajstić information content (AvgIpc) is 2.30. The predicted molar refractivity (Wildman–Crippen MR) is 66.8 cm³/mol. The molecule has 3 N–H and O–H groups in total. The standard InChI is InChI=1S/C14H12F3NO/c15-14(16,17)11-4-5-13(18)10(8-11)6-9-2-1-3-12(19)7-9/h1-5,7-8,19H,6,18H2. The van der Waals surface area contributed by atoms with Crippen LogP contribution in [0.2, 0.25) is 0 Å². The lowest BCUT2D eigenvalue weighted by atomic mass is 10.0. The second kappa shape index (κ2) is 4.84. The molecule has 0 unspecified atom stereocenters. The Labute approximate surface area is 108 Å². The molecule has 0 fully saturated rings. The number of hydrogen-bond donors (Lipinski definition) is 2. The van der Waals surface area contributed by atoms with Crippen LogP contribution in [-0.2, 0) is 12.6 Å². The van der Waals surface area contributed by atoms with Gasteiger partial charge in [0.1, 0.15) is 5.75 Å². The maximum Gasteiger partial charge on any atom is 0.416 e. The molecular formula is C14H12F3NO. The van der Waals surface area contributed by atoms with E-state index < -0.39 is 11.7 Å². The molecule has 0 aliphatic rings. The highest BCUT2D eigenvalue weighted by atomic mass is 19.4. The van der Waals surface area contributed by atoms with Crippen LogP contribution in [0.3, 0.4) is 0 Å². The van der Waals surface area contributed by atoms with Gasteiger partial charge < -0.3 is 10.8 Å². The fraction of sp³-hybridized carbons (Fsp3) is 0.143. The Morgan fingerprint density at radius 1 is 1.05 bits per heavy atom. The molecule has 2 nitrogen and oxygen atoms in total. The van der Waals surface area contributed by atoms with Gasteiger partial charge in [0.15, 0.2) is 0 Å². The molecule has 0 bridgehead atoms. The van der Waals surface area contributed by atoms with Crippen molar-refractivity contribution in [2.24, 2.45) is 0 Å². The number of halogens is 3. The SMILES string of the molecule is Nc1ccc(C(F)(F)F)cc1Cc1cccc(O)c1. The number of nitrogen functional groups attached to an aromatic ring is 1. The molecule has 0 heterocycles. The van der Waals surface area contributed by atoms with Crippen molar-refractivity contribution in [3.8, 4) is 5.75 Å². The minimum Gasteiger partial charge on any atom is -0.508 e. The number of rotatable bonds is 2. The van der Waals surface area contributed by atoms with E-state index in [0.717, 1.165) is 12.1 Å². The molecule has 2 aromatic rings. The van der Waals surface area contributed by atoms with Gasteiger partial charge in [0.2, 0.25) is 0 Å². The summed E-state index contributed by atoms with van der Waals surface area (Å²) in [6, 6.07) is 9.61. The molecule has 0 atom stereocenters. The van der Waals surface area contributed by atoms with Gasteiger partial charge in [-0.1, -0.05) is 12.1 Å². The monoisotopic (exact) mass is 267 g/mol. The Morgan fingerprint density at radius 2 is 1.79 bits per heavy atom. The summed E-state index contributed by atoms with van der Waals surface area (Å²) in [6.45, 7) is 0. The molecule has 2 rings (SSSR count). The maximum atomic E-state index is 12.6. The number of alkyl halides is 3. The number of hydrogen-bond acceptors (Lipinski definition) is 2. The quantitative estimate of drug-likeness (QED) is 0.817. The number of phenolic OH excluding ortho intramolecular Hbond substituents is 1. The third-order valence-corrected chi connectivity index (χ3v) is 2.78. The van der Waals surface area contributed by atoms with E-state index in [1.54, 1.807) is 12.1 Å². The van der Waals surface area contributed by atoms with Gasteiger partial charge in [0.25, 0.3) is 0 Å². The van der Waals surface area contributed by atoms with Crippen LogP contribution in [0.4, 0.5) is 18.9 Å². The summed E-state index contributed by atoms with van der Waals surface area (Å²) in [4.78, 5) is 0. The fourth-order valence-electron chi connectivity index (χ4n) is 1.82. The summed E-state index contributed by atoms with van der Waals surface area (Å²) in [5.41, 5.74) is 6.36. The highest BCUT2D eigenvalue weighted by Gasteiger charge is 2.30. The lowest BCUT2D eigenvalue weighted by molar-refractivity contribution is -0.137. The van der Waals surface area contributed by atoms with E-state index in [1.807, 2.05) is 0 Å². The molecule has 5 heteroatoms. The van der Waals surface area contributed by atoms with E-state index in [-0.39, 0.29) is 12.2 Å². The number of nitrogens with two attached hydrogens (primary N) is 1. The summed E-state index contributed by atoms with van der Waals surface area (Å²) >= 11 is 0. The largest absolute Gasteiger partial charge is 0.508 e. The van der Waals surface area contributed by atoms with E-state index in [0.29, 0.717) is 16.8 Å². The van der Waals surface area contributed by atoms with Gasteiger partial charge in [-0.2, -0.15) is 13.2 Å². The molecule has 2 aromatic carbocycles. The second-order valence-corrected chi connectivity index (χ2v) is 4.26. The first-order chi connectivity index (χ1) is 8.86. The number of aromatic hydroxyl groups is 1. The molecule has 0 radical (unpaired) electrons. The minimum atomic E-state index is -4.39. The van der Waals surface area contributed by atoms with E-state index in [4.69, 9.17) is 5.73 Å². The van der Waals surface area contributed by atoms with Gasteiger partial charge in [-0.25, -0.2) is 0 Å². The highest BCUT2D eigenvalue weighted by molar-refractivity contribution is 5.51. The Balaban J connectivity index is 2.34. The van der Waals surface area contributed by atoms with Gasteiger partial charge in [-0.05, 0) is 47.9 Å². The lowest BCUT2D eigenvalue weighted by Gasteiger charge is -2.11. The minimum absolute atomic E-state index is 0.0723. The van der Waals surface area contributed by atoms with E-state index in [2.05, 4.69) is 0 Å². The molecule has 0 spiro atoms. The zero-order valence-corrected chi connectivity index (χ0v) is 9.91. The van der Waals surface area contributed by atoms with Crippen molar-refractivity contribution in [3.63, 3.8) is 0 Å². The summed E-state index contributed by atoms with van der Waals surface area (Å²) in [6.07, 6.45) is -4.15. The summed E-state index contributed by atoms with van der Waals surface area (Å²) in [5.74, 6) is 0.0723. The van der Waals surface area contributed by atoms with Gasteiger partial charge in [0, 0.05) is 5.69 Å². The molecule has 0 aliphatic carbocycles. The first-order valence-corrected chi connectivity index (χ1v) is 5.60. The van der Waals surface area contributed by atoms with Crippen molar-refractivity contribution in [2.45, 2.75) is 12.6 Å². The zero-order chi connectivity index (χ0) is 14.0. The van der Waals surface area contributed by atoms with E-state index in [9.17, 15) is 18.3 Å². The highest BCUT2D eigenvalue weighted by Crippen LogP contribution is 2.32. The van der Waals surface area contributed by atoms with Gasteiger partial charge in [-0.15, -0.1) is 0 Å². The summed E-state index contributed by atoms with van der Waals surface area (Å²) in [5, 5.41) is 9.33. The molecule has 0 saturated heterocycles. The molecule has 100 valence electrons. The van der Waals surface area contributed by atoms with Crippen LogP contribution in [0.25, 0.3) is 0 Å². The summed E-state index contributed by atoms with van der Waals surface area (Å²) < 4.78 is 37.9. The van der Waals surface area contributed by atoms with Crippen LogP contribution in [0.15, 0.2) is 42.5 Å². The van der Waals surface area contributed by atoms with Crippen molar-refractivity contribution in [1.82, 2.24) is 0 Å². The van der Waals surface area contributed by atoms with Crippen LogP contribution < -0.4 is 5.73 Å². The van der Waals surface area contributed by atoms with Crippen molar-refractivity contribution in [2.75, 3.05) is 5.73 Å².